The molecule has 2 unspecified atom stereocenters. The van der Waals surface area contributed by atoms with E-state index >= 15 is 0 Å². The zero-order valence-electron chi connectivity index (χ0n) is 10.4. The molecule has 1 aromatic rings. The predicted octanol–water partition coefficient (Wildman–Crippen LogP) is 3.64. The van der Waals surface area contributed by atoms with Gasteiger partial charge in [-0.15, -0.1) is 0 Å². The number of hydrogen-bond acceptors (Lipinski definition) is 1. The van der Waals surface area contributed by atoms with Crippen LogP contribution in [0.2, 0.25) is 0 Å². The number of piperidine rings is 1. The van der Waals surface area contributed by atoms with Crippen LogP contribution in [0.5, 0.6) is 0 Å². The molecule has 2 atom stereocenters. The molecule has 1 fully saturated rings. The molecular weight excluding hydrogens is 239 g/mol. The Morgan fingerprint density at radius 1 is 1.28 bits per heavy atom. The van der Waals surface area contributed by atoms with Gasteiger partial charge in [-0.2, -0.15) is 13.2 Å². The molecule has 100 valence electrons. The van der Waals surface area contributed by atoms with Crippen molar-refractivity contribution in [2.45, 2.75) is 38.4 Å². The summed E-state index contributed by atoms with van der Waals surface area (Å²) in [4.78, 5) is 0. The van der Waals surface area contributed by atoms with Crippen molar-refractivity contribution in [1.29, 1.82) is 0 Å². The van der Waals surface area contributed by atoms with Gasteiger partial charge in [0, 0.05) is 6.04 Å². The Bertz CT molecular complexity index is 392. The highest BCUT2D eigenvalue weighted by Gasteiger charge is 2.30. The monoisotopic (exact) mass is 257 g/mol. The third kappa shape index (κ3) is 3.48. The van der Waals surface area contributed by atoms with E-state index in [9.17, 15) is 13.2 Å². The first-order chi connectivity index (χ1) is 8.45. The molecular formula is C14H18F3N. The van der Waals surface area contributed by atoms with Gasteiger partial charge in [-0.1, -0.05) is 18.2 Å². The van der Waals surface area contributed by atoms with Gasteiger partial charge in [0.05, 0.1) is 5.56 Å². The molecule has 0 saturated carbocycles. The van der Waals surface area contributed by atoms with Gasteiger partial charge in [-0.3, -0.25) is 0 Å². The maximum atomic E-state index is 12.6. The van der Waals surface area contributed by atoms with Crippen molar-refractivity contribution in [3.63, 3.8) is 0 Å². The molecule has 1 heterocycles. The predicted molar refractivity (Wildman–Crippen MR) is 65.3 cm³/mol. The highest BCUT2D eigenvalue weighted by Crippen LogP contribution is 2.30. The first-order valence-electron chi connectivity index (χ1n) is 6.34. The second-order valence-electron chi connectivity index (χ2n) is 5.15. The van der Waals surface area contributed by atoms with Gasteiger partial charge in [-0.05, 0) is 50.3 Å². The summed E-state index contributed by atoms with van der Waals surface area (Å²) in [6.07, 6.45) is -1.33. The summed E-state index contributed by atoms with van der Waals surface area (Å²) < 4.78 is 37.8. The van der Waals surface area contributed by atoms with Gasteiger partial charge in [0.25, 0.3) is 0 Å². The van der Waals surface area contributed by atoms with Gasteiger partial charge in [0.2, 0.25) is 0 Å². The third-order valence-electron chi connectivity index (χ3n) is 3.54. The molecule has 0 bridgehead atoms. The number of benzene rings is 1. The van der Waals surface area contributed by atoms with Crippen LogP contribution >= 0.6 is 0 Å². The minimum absolute atomic E-state index is 0.449. The van der Waals surface area contributed by atoms with E-state index in [-0.39, 0.29) is 0 Å². The lowest BCUT2D eigenvalue weighted by Gasteiger charge is -2.27. The van der Waals surface area contributed by atoms with Crippen LogP contribution in [0.4, 0.5) is 13.2 Å². The Labute approximate surface area is 105 Å². The summed E-state index contributed by atoms with van der Waals surface area (Å²) in [6.45, 7) is 3.04. The minimum Gasteiger partial charge on any atom is -0.314 e. The quantitative estimate of drug-likeness (QED) is 0.853. The number of rotatable bonds is 2. The van der Waals surface area contributed by atoms with Crippen LogP contribution in [0.15, 0.2) is 24.3 Å². The van der Waals surface area contributed by atoms with Crippen LogP contribution in [0.1, 0.15) is 30.9 Å². The molecule has 0 amide bonds. The molecule has 0 aromatic heterocycles. The van der Waals surface area contributed by atoms with E-state index in [1.54, 1.807) is 6.07 Å². The normalized spacial score (nSPS) is 25.1. The number of alkyl halides is 3. The number of halogens is 3. The summed E-state index contributed by atoms with van der Waals surface area (Å²) in [5.41, 5.74) is 0.239. The zero-order valence-corrected chi connectivity index (χ0v) is 10.4. The topological polar surface area (TPSA) is 12.0 Å². The van der Waals surface area contributed by atoms with E-state index in [0.717, 1.165) is 37.4 Å². The molecule has 2 rings (SSSR count). The van der Waals surface area contributed by atoms with Crippen LogP contribution in [0, 0.1) is 5.92 Å². The average Bonchev–Trinajstić information content (AvgIpc) is 2.31. The van der Waals surface area contributed by atoms with Crippen LogP contribution in [-0.4, -0.2) is 12.6 Å². The van der Waals surface area contributed by atoms with Crippen molar-refractivity contribution in [2.75, 3.05) is 6.54 Å². The fraction of sp³-hybridized carbons (Fsp3) is 0.571. The molecule has 1 nitrogen and oxygen atoms in total. The van der Waals surface area contributed by atoms with Crippen molar-refractivity contribution in [2.24, 2.45) is 5.92 Å². The molecule has 0 aliphatic carbocycles. The van der Waals surface area contributed by atoms with E-state index in [2.05, 4.69) is 12.2 Å². The SMILES string of the molecule is CC1CCC(Cc2cccc(C(F)(F)F)c2)CN1. The fourth-order valence-corrected chi connectivity index (χ4v) is 2.44. The first kappa shape index (κ1) is 13.4. The minimum atomic E-state index is -4.24. The molecule has 18 heavy (non-hydrogen) atoms. The second kappa shape index (κ2) is 5.31. The summed E-state index contributed by atoms with van der Waals surface area (Å²) in [5, 5.41) is 3.37. The summed E-state index contributed by atoms with van der Waals surface area (Å²) in [6, 6.07) is 6.22. The highest BCUT2D eigenvalue weighted by atomic mass is 19.4. The van der Waals surface area contributed by atoms with Crippen molar-refractivity contribution in [3.05, 3.63) is 35.4 Å². The molecule has 4 heteroatoms. The smallest absolute Gasteiger partial charge is 0.314 e. The Balaban J connectivity index is 2.01. The zero-order chi connectivity index (χ0) is 13.2. The molecule has 0 spiro atoms. The van der Waals surface area contributed by atoms with Crippen molar-refractivity contribution in [3.8, 4) is 0 Å². The Morgan fingerprint density at radius 2 is 2.06 bits per heavy atom. The van der Waals surface area contributed by atoms with Gasteiger partial charge in [0.1, 0.15) is 0 Å². The van der Waals surface area contributed by atoms with E-state index < -0.39 is 11.7 Å². The first-order valence-corrected chi connectivity index (χ1v) is 6.34. The highest BCUT2D eigenvalue weighted by molar-refractivity contribution is 5.26. The van der Waals surface area contributed by atoms with Crippen LogP contribution < -0.4 is 5.32 Å². The summed E-state index contributed by atoms with van der Waals surface area (Å²) >= 11 is 0. The average molecular weight is 257 g/mol. The van der Waals surface area contributed by atoms with Gasteiger partial charge in [0.15, 0.2) is 0 Å². The maximum absolute atomic E-state index is 12.6. The Kier molecular flexibility index (Phi) is 3.95. The number of hydrogen-bond donors (Lipinski definition) is 1. The van der Waals surface area contributed by atoms with E-state index in [1.165, 1.54) is 12.1 Å². The Morgan fingerprint density at radius 3 is 2.67 bits per heavy atom. The summed E-state index contributed by atoms with van der Waals surface area (Å²) in [5.74, 6) is 0.449. The van der Waals surface area contributed by atoms with Crippen molar-refractivity contribution < 1.29 is 13.2 Å². The molecule has 1 N–H and O–H groups in total. The standard InChI is InChI=1S/C14H18F3N/c1-10-5-6-12(9-18-10)7-11-3-2-4-13(8-11)14(15,16)17/h2-4,8,10,12,18H,5-7,9H2,1H3. The maximum Gasteiger partial charge on any atom is 0.416 e. The molecule has 1 saturated heterocycles. The Hall–Kier alpha value is -1.03. The molecule has 1 aromatic carbocycles. The van der Waals surface area contributed by atoms with E-state index in [0.29, 0.717) is 12.0 Å². The molecule has 1 aliphatic rings. The third-order valence-corrected chi connectivity index (χ3v) is 3.54. The van der Waals surface area contributed by atoms with E-state index in [1.807, 2.05) is 0 Å². The molecule has 0 radical (unpaired) electrons. The van der Waals surface area contributed by atoms with E-state index in [4.69, 9.17) is 0 Å². The van der Waals surface area contributed by atoms with Crippen LogP contribution in [0.25, 0.3) is 0 Å². The van der Waals surface area contributed by atoms with Crippen LogP contribution in [0.3, 0.4) is 0 Å². The van der Waals surface area contributed by atoms with Gasteiger partial charge in [-0.25, -0.2) is 0 Å². The van der Waals surface area contributed by atoms with Crippen molar-refractivity contribution in [1.82, 2.24) is 5.32 Å². The fourth-order valence-electron chi connectivity index (χ4n) is 2.44. The lowest BCUT2D eigenvalue weighted by atomic mass is 9.89. The lowest BCUT2D eigenvalue weighted by Crippen LogP contribution is -2.37. The largest absolute Gasteiger partial charge is 0.416 e. The van der Waals surface area contributed by atoms with Gasteiger partial charge >= 0.3 is 6.18 Å². The number of nitrogens with one attached hydrogen (secondary N) is 1. The van der Waals surface area contributed by atoms with Crippen molar-refractivity contribution >= 4 is 0 Å². The summed E-state index contributed by atoms with van der Waals surface area (Å²) in [7, 11) is 0. The molecule has 1 aliphatic heterocycles. The van der Waals surface area contributed by atoms with Gasteiger partial charge < -0.3 is 5.32 Å². The van der Waals surface area contributed by atoms with Crippen LogP contribution in [-0.2, 0) is 12.6 Å². The lowest BCUT2D eigenvalue weighted by molar-refractivity contribution is -0.137. The second-order valence-corrected chi connectivity index (χ2v) is 5.15.